The minimum Gasteiger partial charge on any atom is -0.493 e. The second-order valence-corrected chi connectivity index (χ2v) is 6.70. The molecule has 0 radical (unpaired) electrons. The first-order chi connectivity index (χ1) is 12.1. The molecule has 2 N–H and O–H groups in total. The monoisotopic (exact) mass is 338 g/mol. The van der Waals surface area contributed by atoms with Crippen LogP contribution in [0.2, 0.25) is 0 Å². The van der Waals surface area contributed by atoms with Crippen molar-refractivity contribution in [2.24, 2.45) is 5.73 Å². The molecular formula is C21H26N2O2. The van der Waals surface area contributed by atoms with Crippen LogP contribution < -0.4 is 10.5 Å². The number of benzene rings is 2. The Labute approximate surface area is 149 Å². The maximum Gasteiger partial charge on any atom is 0.222 e. The molecule has 1 aliphatic heterocycles. The third-order valence-electron chi connectivity index (χ3n) is 4.83. The summed E-state index contributed by atoms with van der Waals surface area (Å²) in [5.41, 5.74) is 8.60. The molecule has 25 heavy (non-hydrogen) atoms. The molecule has 0 bridgehead atoms. The van der Waals surface area contributed by atoms with Crippen molar-refractivity contribution in [3.63, 3.8) is 0 Å². The maximum atomic E-state index is 12.5. The van der Waals surface area contributed by atoms with Gasteiger partial charge in [0.15, 0.2) is 0 Å². The van der Waals surface area contributed by atoms with E-state index in [1.807, 2.05) is 54.3 Å². The van der Waals surface area contributed by atoms with Gasteiger partial charge in [0.2, 0.25) is 5.91 Å². The summed E-state index contributed by atoms with van der Waals surface area (Å²) in [5.74, 6) is 1.29. The Morgan fingerprint density at radius 3 is 2.60 bits per heavy atom. The van der Waals surface area contributed by atoms with Gasteiger partial charge in [-0.25, -0.2) is 0 Å². The van der Waals surface area contributed by atoms with Crippen molar-refractivity contribution in [3.8, 4) is 5.75 Å². The summed E-state index contributed by atoms with van der Waals surface area (Å²) in [6, 6.07) is 18.2. The molecule has 0 spiro atoms. The minimum atomic E-state index is 0.00886. The highest BCUT2D eigenvalue weighted by molar-refractivity contribution is 5.76. The Bertz CT molecular complexity index is 702. The van der Waals surface area contributed by atoms with Crippen molar-refractivity contribution in [2.75, 3.05) is 19.7 Å². The Kier molecular flexibility index (Phi) is 5.71. The molecule has 4 nitrogen and oxygen atoms in total. The van der Waals surface area contributed by atoms with Gasteiger partial charge in [-0.1, -0.05) is 48.5 Å². The topological polar surface area (TPSA) is 55.6 Å². The highest BCUT2D eigenvalue weighted by atomic mass is 16.5. The van der Waals surface area contributed by atoms with Gasteiger partial charge in [-0.2, -0.15) is 0 Å². The number of aryl methyl sites for hydroxylation is 1. The molecule has 2 atom stereocenters. The van der Waals surface area contributed by atoms with Gasteiger partial charge in [-0.05, 0) is 30.5 Å². The average Bonchev–Trinajstić information content (AvgIpc) is 3.02. The van der Waals surface area contributed by atoms with Crippen molar-refractivity contribution in [2.45, 2.75) is 31.7 Å². The van der Waals surface area contributed by atoms with E-state index >= 15 is 0 Å². The molecule has 2 aromatic carbocycles. The second-order valence-electron chi connectivity index (χ2n) is 6.70. The number of carbonyl (C=O) groups excluding carboxylic acids is 1. The Morgan fingerprint density at radius 2 is 1.84 bits per heavy atom. The van der Waals surface area contributed by atoms with Crippen LogP contribution in [-0.2, 0) is 4.79 Å². The van der Waals surface area contributed by atoms with Gasteiger partial charge in [0.25, 0.3) is 0 Å². The Balaban J connectivity index is 1.45. The van der Waals surface area contributed by atoms with Crippen molar-refractivity contribution >= 4 is 5.91 Å². The largest absolute Gasteiger partial charge is 0.493 e. The molecular weight excluding hydrogens is 312 g/mol. The van der Waals surface area contributed by atoms with Crippen LogP contribution in [0.5, 0.6) is 5.75 Å². The van der Waals surface area contributed by atoms with E-state index in [2.05, 4.69) is 12.1 Å². The van der Waals surface area contributed by atoms with E-state index in [0.29, 0.717) is 26.1 Å². The van der Waals surface area contributed by atoms with Gasteiger partial charge in [0.05, 0.1) is 6.61 Å². The molecule has 132 valence electrons. The predicted octanol–water partition coefficient (Wildman–Crippen LogP) is 3.11. The molecule has 4 heteroatoms. The number of ether oxygens (including phenoxy) is 1. The smallest absolute Gasteiger partial charge is 0.222 e. The van der Waals surface area contributed by atoms with Crippen molar-refractivity contribution in [3.05, 3.63) is 65.7 Å². The molecule has 0 aliphatic carbocycles. The SMILES string of the molecule is Cc1ccccc1OCCCC(=O)N1C[C@@H](N)[C@H](c2ccccc2)C1. The normalized spacial score (nSPS) is 19.8. The fourth-order valence-corrected chi connectivity index (χ4v) is 3.37. The molecule has 1 amide bonds. The van der Waals surface area contributed by atoms with Crippen molar-refractivity contribution in [1.82, 2.24) is 4.90 Å². The van der Waals surface area contributed by atoms with Crippen LogP contribution in [0.25, 0.3) is 0 Å². The van der Waals surface area contributed by atoms with Gasteiger partial charge >= 0.3 is 0 Å². The molecule has 0 aromatic heterocycles. The summed E-state index contributed by atoms with van der Waals surface area (Å²) >= 11 is 0. The molecule has 0 unspecified atom stereocenters. The van der Waals surface area contributed by atoms with E-state index in [9.17, 15) is 4.79 Å². The molecule has 0 saturated carbocycles. The second kappa shape index (κ2) is 8.17. The van der Waals surface area contributed by atoms with Crippen LogP contribution >= 0.6 is 0 Å². The molecule has 1 heterocycles. The van der Waals surface area contributed by atoms with Gasteiger partial charge in [-0.3, -0.25) is 4.79 Å². The van der Waals surface area contributed by atoms with Crippen LogP contribution in [0.4, 0.5) is 0 Å². The number of para-hydroxylation sites is 1. The summed E-state index contributed by atoms with van der Waals surface area (Å²) in [6.45, 7) is 3.92. The third-order valence-corrected chi connectivity index (χ3v) is 4.83. The number of rotatable bonds is 6. The summed E-state index contributed by atoms with van der Waals surface area (Å²) in [7, 11) is 0. The quantitative estimate of drug-likeness (QED) is 0.824. The highest BCUT2D eigenvalue weighted by Gasteiger charge is 2.33. The van der Waals surface area contributed by atoms with Crippen LogP contribution in [0, 0.1) is 6.92 Å². The summed E-state index contributed by atoms with van der Waals surface area (Å²) in [4.78, 5) is 14.4. The Morgan fingerprint density at radius 1 is 1.12 bits per heavy atom. The van der Waals surface area contributed by atoms with E-state index in [0.717, 1.165) is 17.7 Å². The number of amides is 1. The van der Waals surface area contributed by atoms with Gasteiger partial charge < -0.3 is 15.4 Å². The molecule has 1 fully saturated rings. The van der Waals surface area contributed by atoms with E-state index in [-0.39, 0.29) is 17.9 Å². The zero-order valence-corrected chi connectivity index (χ0v) is 14.7. The van der Waals surface area contributed by atoms with E-state index in [4.69, 9.17) is 10.5 Å². The van der Waals surface area contributed by atoms with Crippen LogP contribution in [-0.4, -0.2) is 36.5 Å². The highest BCUT2D eigenvalue weighted by Crippen LogP contribution is 2.26. The van der Waals surface area contributed by atoms with Gasteiger partial charge in [0.1, 0.15) is 5.75 Å². The average molecular weight is 338 g/mol. The summed E-state index contributed by atoms with van der Waals surface area (Å²) in [6.07, 6.45) is 1.22. The van der Waals surface area contributed by atoms with Crippen molar-refractivity contribution in [1.29, 1.82) is 0 Å². The fraction of sp³-hybridized carbons (Fsp3) is 0.381. The van der Waals surface area contributed by atoms with E-state index < -0.39 is 0 Å². The minimum absolute atomic E-state index is 0.00886. The van der Waals surface area contributed by atoms with E-state index in [1.54, 1.807) is 0 Å². The fourth-order valence-electron chi connectivity index (χ4n) is 3.37. The standard InChI is InChI=1S/C21H26N2O2/c1-16-8-5-6-11-20(16)25-13-7-12-21(24)23-14-18(19(22)15-23)17-9-3-2-4-10-17/h2-6,8-11,18-19H,7,12-15,22H2,1H3/t18-,19+/m0/s1. The van der Waals surface area contributed by atoms with E-state index in [1.165, 1.54) is 5.56 Å². The van der Waals surface area contributed by atoms with Crippen LogP contribution in [0.15, 0.2) is 54.6 Å². The lowest BCUT2D eigenvalue weighted by Gasteiger charge is -2.16. The molecule has 3 rings (SSSR count). The number of nitrogens with two attached hydrogens (primary N) is 1. The maximum absolute atomic E-state index is 12.5. The lowest BCUT2D eigenvalue weighted by atomic mass is 9.95. The summed E-state index contributed by atoms with van der Waals surface area (Å²) < 4.78 is 5.77. The lowest BCUT2D eigenvalue weighted by molar-refractivity contribution is -0.130. The lowest BCUT2D eigenvalue weighted by Crippen LogP contribution is -2.32. The number of hydrogen-bond acceptors (Lipinski definition) is 3. The number of nitrogens with zero attached hydrogens (tertiary/aromatic N) is 1. The van der Waals surface area contributed by atoms with Crippen LogP contribution in [0.3, 0.4) is 0 Å². The molecule has 1 aliphatic rings. The first-order valence-electron chi connectivity index (χ1n) is 8.92. The first kappa shape index (κ1) is 17.5. The van der Waals surface area contributed by atoms with Gasteiger partial charge in [-0.15, -0.1) is 0 Å². The van der Waals surface area contributed by atoms with Gasteiger partial charge in [0, 0.05) is 31.5 Å². The number of hydrogen-bond donors (Lipinski definition) is 1. The number of likely N-dealkylation sites (tertiary alicyclic amines) is 1. The third kappa shape index (κ3) is 4.40. The number of carbonyl (C=O) groups is 1. The zero-order valence-electron chi connectivity index (χ0n) is 14.7. The summed E-state index contributed by atoms with van der Waals surface area (Å²) in [5, 5.41) is 0. The zero-order chi connectivity index (χ0) is 17.6. The van der Waals surface area contributed by atoms with Crippen LogP contribution in [0.1, 0.15) is 29.9 Å². The first-order valence-corrected chi connectivity index (χ1v) is 8.92. The molecule has 1 saturated heterocycles. The van der Waals surface area contributed by atoms with Crippen molar-refractivity contribution < 1.29 is 9.53 Å². The Hall–Kier alpha value is -2.33. The predicted molar refractivity (Wildman–Crippen MR) is 99.6 cm³/mol. The molecule has 2 aromatic rings.